The molecule has 2 aromatic heterocycles. The number of amides is 1. The molecule has 1 atom stereocenters. The van der Waals surface area contributed by atoms with Gasteiger partial charge in [-0.05, 0) is 44.5 Å². The number of hydrogen-bond donors (Lipinski definition) is 1. The highest BCUT2D eigenvalue weighted by molar-refractivity contribution is 7.11. The summed E-state index contributed by atoms with van der Waals surface area (Å²) in [4.78, 5) is 19.0. The summed E-state index contributed by atoms with van der Waals surface area (Å²) < 4.78 is 0. The maximum Gasteiger partial charge on any atom is 0.251 e. The van der Waals surface area contributed by atoms with Gasteiger partial charge >= 0.3 is 0 Å². The minimum absolute atomic E-state index is 0.0765. The number of nitrogens with one attached hydrogen (secondary N) is 1. The van der Waals surface area contributed by atoms with E-state index < -0.39 is 0 Å². The van der Waals surface area contributed by atoms with Crippen LogP contribution in [0.3, 0.4) is 0 Å². The number of pyridine rings is 1. The molecule has 21 heavy (non-hydrogen) atoms. The highest BCUT2D eigenvalue weighted by atomic mass is 35.5. The molecule has 0 bridgehead atoms. The fourth-order valence-corrected chi connectivity index (χ4v) is 3.36. The van der Waals surface area contributed by atoms with Crippen molar-refractivity contribution in [2.45, 2.75) is 39.7 Å². The summed E-state index contributed by atoms with van der Waals surface area (Å²) in [5, 5.41) is 3.38. The van der Waals surface area contributed by atoms with Crippen molar-refractivity contribution >= 4 is 28.8 Å². The lowest BCUT2D eigenvalue weighted by molar-refractivity contribution is 0.0940. The Kier molecular flexibility index (Phi) is 5.37. The molecule has 2 aromatic rings. The van der Waals surface area contributed by atoms with Crippen LogP contribution in [0.1, 0.15) is 39.7 Å². The normalized spacial score (nSPS) is 12.2. The van der Waals surface area contributed by atoms with E-state index in [1.54, 1.807) is 23.5 Å². The number of rotatable bonds is 5. The molecule has 0 fully saturated rings. The van der Waals surface area contributed by atoms with Crippen LogP contribution in [0.2, 0.25) is 5.15 Å². The zero-order chi connectivity index (χ0) is 15.4. The van der Waals surface area contributed by atoms with Crippen LogP contribution < -0.4 is 5.32 Å². The molecule has 0 radical (unpaired) electrons. The third-order valence-corrected chi connectivity index (χ3v) is 4.37. The number of hydrogen-bond acceptors (Lipinski definition) is 3. The summed E-state index contributed by atoms with van der Waals surface area (Å²) >= 11 is 7.72. The van der Waals surface area contributed by atoms with Crippen molar-refractivity contribution in [3.8, 4) is 0 Å². The van der Waals surface area contributed by atoms with E-state index in [9.17, 15) is 4.79 Å². The quantitative estimate of drug-likeness (QED) is 0.844. The molecule has 2 heterocycles. The second kappa shape index (κ2) is 7.05. The first-order valence-electron chi connectivity index (χ1n) is 7.00. The molecular weight excluding hydrogens is 304 g/mol. The lowest BCUT2D eigenvalue weighted by atomic mass is 10.1. The van der Waals surface area contributed by atoms with E-state index in [0.717, 1.165) is 18.5 Å². The molecule has 5 heteroatoms. The van der Waals surface area contributed by atoms with Crippen molar-refractivity contribution in [3.63, 3.8) is 0 Å². The van der Waals surface area contributed by atoms with E-state index in [-0.39, 0.29) is 11.9 Å². The Bertz CT molecular complexity index is 639. The van der Waals surface area contributed by atoms with Crippen LogP contribution >= 0.6 is 22.9 Å². The molecule has 0 spiro atoms. The summed E-state index contributed by atoms with van der Waals surface area (Å²) in [6.07, 6.45) is 1.59. The van der Waals surface area contributed by atoms with Crippen molar-refractivity contribution in [1.29, 1.82) is 0 Å². The fourth-order valence-electron chi connectivity index (χ4n) is 2.12. The predicted octanol–water partition coefficient (Wildman–Crippen LogP) is 4.03. The molecule has 0 aliphatic heterocycles. The first-order chi connectivity index (χ1) is 9.97. The number of carbonyl (C=O) groups excluding carboxylic acids is 1. The van der Waals surface area contributed by atoms with Crippen LogP contribution in [-0.4, -0.2) is 16.9 Å². The van der Waals surface area contributed by atoms with Crippen molar-refractivity contribution in [3.05, 3.63) is 50.4 Å². The molecule has 1 N–H and O–H groups in total. The van der Waals surface area contributed by atoms with Crippen LogP contribution in [-0.2, 0) is 12.8 Å². The van der Waals surface area contributed by atoms with Gasteiger partial charge < -0.3 is 5.32 Å². The van der Waals surface area contributed by atoms with Gasteiger partial charge in [-0.15, -0.1) is 11.3 Å². The minimum atomic E-state index is -0.102. The van der Waals surface area contributed by atoms with Crippen LogP contribution in [0.4, 0.5) is 0 Å². The Morgan fingerprint density at radius 2 is 2.19 bits per heavy atom. The zero-order valence-corrected chi connectivity index (χ0v) is 14.0. The van der Waals surface area contributed by atoms with E-state index in [1.165, 1.54) is 9.75 Å². The van der Waals surface area contributed by atoms with E-state index in [0.29, 0.717) is 10.7 Å². The van der Waals surface area contributed by atoms with Gasteiger partial charge in [0.25, 0.3) is 5.91 Å². The average Bonchev–Trinajstić information content (AvgIpc) is 2.83. The number of aromatic nitrogens is 1. The van der Waals surface area contributed by atoms with Gasteiger partial charge in [-0.1, -0.05) is 18.5 Å². The third-order valence-electron chi connectivity index (χ3n) is 3.15. The number of thiophene rings is 1. The van der Waals surface area contributed by atoms with Gasteiger partial charge in [0.2, 0.25) is 0 Å². The van der Waals surface area contributed by atoms with Gasteiger partial charge in [0.05, 0.1) is 0 Å². The molecular formula is C16H19ClN2OS. The first kappa shape index (κ1) is 16.0. The Hall–Kier alpha value is -1.39. The summed E-state index contributed by atoms with van der Waals surface area (Å²) in [5.74, 6) is -0.102. The van der Waals surface area contributed by atoms with Crippen molar-refractivity contribution in [2.24, 2.45) is 0 Å². The molecule has 0 saturated carbocycles. The van der Waals surface area contributed by atoms with Gasteiger partial charge in [0.15, 0.2) is 0 Å². The van der Waals surface area contributed by atoms with Crippen molar-refractivity contribution in [1.82, 2.24) is 10.3 Å². The summed E-state index contributed by atoms with van der Waals surface area (Å²) in [6.45, 7) is 6.08. The largest absolute Gasteiger partial charge is 0.349 e. The molecule has 0 aliphatic carbocycles. The van der Waals surface area contributed by atoms with Gasteiger partial charge in [0.1, 0.15) is 5.15 Å². The standard InChI is InChI=1S/C16H19ClN2OS/c1-4-13-8-12(9-15(17)19-13)16(20)18-10(2)7-14-6-5-11(3)21-14/h5-6,8-10H,4,7H2,1-3H3,(H,18,20). The van der Waals surface area contributed by atoms with Crippen molar-refractivity contribution < 1.29 is 4.79 Å². The highest BCUT2D eigenvalue weighted by Crippen LogP contribution is 2.17. The van der Waals surface area contributed by atoms with Crippen LogP contribution in [0.5, 0.6) is 0 Å². The molecule has 1 amide bonds. The van der Waals surface area contributed by atoms with Gasteiger partial charge in [-0.25, -0.2) is 4.98 Å². The molecule has 0 saturated heterocycles. The lowest BCUT2D eigenvalue weighted by Gasteiger charge is -2.13. The first-order valence-corrected chi connectivity index (χ1v) is 8.20. The van der Waals surface area contributed by atoms with Crippen LogP contribution in [0.15, 0.2) is 24.3 Å². The maximum atomic E-state index is 12.3. The Labute approximate surface area is 134 Å². The summed E-state index contributed by atoms with van der Waals surface area (Å²) in [6, 6.07) is 7.69. The molecule has 2 rings (SSSR count). The zero-order valence-electron chi connectivity index (χ0n) is 12.4. The van der Waals surface area contributed by atoms with E-state index in [1.807, 2.05) is 13.8 Å². The fraction of sp³-hybridized carbons (Fsp3) is 0.375. The number of carbonyl (C=O) groups is 1. The maximum absolute atomic E-state index is 12.3. The lowest BCUT2D eigenvalue weighted by Crippen LogP contribution is -2.34. The van der Waals surface area contributed by atoms with Crippen LogP contribution in [0.25, 0.3) is 0 Å². The Morgan fingerprint density at radius 3 is 2.81 bits per heavy atom. The minimum Gasteiger partial charge on any atom is -0.349 e. The predicted molar refractivity (Wildman–Crippen MR) is 88.3 cm³/mol. The summed E-state index contributed by atoms with van der Waals surface area (Å²) in [7, 11) is 0. The third kappa shape index (κ3) is 4.55. The Balaban J connectivity index is 2.02. The number of aryl methyl sites for hydroxylation is 2. The van der Waals surface area contributed by atoms with E-state index in [4.69, 9.17) is 11.6 Å². The average molecular weight is 323 g/mol. The van der Waals surface area contributed by atoms with Gasteiger partial charge in [0, 0.05) is 33.5 Å². The van der Waals surface area contributed by atoms with Gasteiger partial charge in [-0.3, -0.25) is 4.79 Å². The molecule has 1 unspecified atom stereocenters. The molecule has 112 valence electrons. The highest BCUT2D eigenvalue weighted by Gasteiger charge is 2.13. The number of nitrogens with zero attached hydrogens (tertiary/aromatic N) is 1. The molecule has 0 aliphatic rings. The topological polar surface area (TPSA) is 42.0 Å². The molecule has 0 aromatic carbocycles. The SMILES string of the molecule is CCc1cc(C(=O)NC(C)Cc2ccc(C)s2)cc(Cl)n1. The van der Waals surface area contributed by atoms with Crippen molar-refractivity contribution in [2.75, 3.05) is 0 Å². The summed E-state index contributed by atoms with van der Waals surface area (Å²) in [5.41, 5.74) is 1.40. The van der Waals surface area contributed by atoms with Crippen LogP contribution in [0, 0.1) is 6.92 Å². The Morgan fingerprint density at radius 1 is 1.43 bits per heavy atom. The van der Waals surface area contributed by atoms with E-state index >= 15 is 0 Å². The molecule has 3 nitrogen and oxygen atoms in total. The number of halogens is 1. The van der Waals surface area contributed by atoms with E-state index in [2.05, 4.69) is 29.4 Å². The van der Waals surface area contributed by atoms with Gasteiger partial charge in [-0.2, -0.15) is 0 Å². The monoisotopic (exact) mass is 322 g/mol. The second-order valence-corrected chi connectivity index (χ2v) is 6.87. The smallest absolute Gasteiger partial charge is 0.251 e. The second-order valence-electron chi connectivity index (χ2n) is 5.11.